The summed E-state index contributed by atoms with van der Waals surface area (Å²) in [6.45, 7) is 0.746. The van der Waals surface area contributed by atoms with Gasteiger partial charge in [-0.25, -0.2) is 9.59 Å². The van der Waals surface area contributed by atoms with E-state index in [4.69, 9.17) is 4.74 Å². The first-order chi connectivity index (χ1) is 22.3. The third-order valence-electron chi connectivity index (χ3n) is 8.54. The summed E-state index contributed by atoms with van der Waals surface area (Å²) in [5.74, 6) is -0.378. The Morgan fingerprint density at radius 3 is 2.37 bits per heavy atom. The molecular formula is C35H36N6O5. The number of ether oxygens (including phenoxy) is 1. The Bertz CT molecular complexity index is 1740. The van der Waals surface area contributed by atoms with Gasteiger partial charge in [-0.3, -0.25) is 19.9 Å². The summed E-state index contributed by atoms with van der Waals surface area (Å²) in [4.78, 5) is 56.0. The van der Waals surface area contributed by atoms with E-state index in [2.05, 4.69) is 10.6 Å². The lowest BCUT2D eigenvalue weighted by molar-refractivity contribution is -0.157. The number of amides is 5. The molecule has 0 radical (unpaired) electrons. The van der Waals surface area contributed by atoms with E-state index in [1.165, 1.54) is 12.1 Å². The Morgan fingerprint density at radius 2 is 1.61 bits per heavy atom. The van der Waals surface area contributed by atoms with Gasteiger partial charge in [-0.05, 0) is 39.6 Å². The minimum absolute atomic E-state index is 0.0194. The number of piperazine rings is 1. The van der Waals surface area contributed by atoms with Gasteiger partial charge in [-0.2, -0.15) is 5.01 Å². The van der Waals surface area contributed by atoms with Crippen molar-refractivity contribution in [2.45, 2.75) is 31.8 Å². The topological polar surface area (TPSA) is 115 Å². The van der Waals surface area contributed by atoms with E-state index in [-0.39, 0.29) is 44.0 Å². The number of urea groups is 1. The number of nitrogens with zero attached hydrogens (tertiary/aromatic N) is 4. The van der Waals surface area contributed by atoms with Crippen molar-refractivity contribution in [3.8, 4) is 0 Å². The molecule has 2 aliphatic heterocycles. The van der Waals surface area contributed by atoms with E-state index in [1.807, 2.05) is 84.9 Å². The molecule has 2 heterocycles. The molecule has 0 spiro atoms. The monoisotopic (exact) mass is 620 g/mol. The molecule has 2 N–H and O–H groups in total. The summed E-state index contributed by atoms with van der Waals surface area (Å²) in [7, 11) is 3.16. The highest BCUT2D eigenvalue weighted by Gasteiger charge is 2.51. The highest BCUT2D eigenvalue weighted by molar-refractivity contribution is 5.92. The zero-order chi connectivity index (χ0) is 32.2. The van der Waals surface area contributed by atoms with Crippen LogP contribution in [0.1, 0.15) is 16.7 Å². The third-order valence-corrected chi connectivity index (χ3v) is 8.54. The first-order valence-electron chi connectivity index (χ1n) is 15.2. The van der Waals surface area contributed by atoms with Crippen LogP contribution in [0.3, 0.4) is 0 Å². The van der Waals surface area contributed by atoms with Gasteiger partial charge < -0.3 is 19.9 Å². The lowest BCUT2D eigenvalue weighted by Gasteiger charge is -2.45. The van der Waals surface area contributed by atoms with Crippen molar-refractivity contribution in [1.82, 2.24) is 25.1 Å². The molecule has 11 nitrogen and oxygen atoms in total. The van der Waals surface area contributed by atoms with Crippen LogP contribution in [-0.4, -0.2) is 83.1 Å². The number of carbonyl (C=O) groups is 4. The maximum atomic E-state index is 14.2. The quantitative estimate of drug-likeness (QED) is 0.305. The molecule has 0 unspecified atom stereocenters. The SMILES string of the molecule is CNC(=O)N(C)N1CC(=O)N2[C@@H](Cc3ccc(NC(=O)OCc4ccccc4)cc3)C(=O)N(Cc3cccc4ccccc34)C[C@@H]21. The molecule has 2 saturated heterocycles. The van der Waals surface area contributed by atoms with Crippen LogP contribution in [0.25, 0.3) is 10.8 Å². The first kappa shape index (κ1) is 30.6. The Kier molecular flexibility index (Phi) is 8.84. The standard InChI is InChI=1S/C35H36N6O5/c1-36-34(44)38(2)40-22-32(42)41-30(19-24-15-17-28(18-16-24)37-35(45)46-23-25-9-4-3-5-10-25)33(43)39(21-31(40)41)20-27-13-8-12-26-11-6-7-14-29(26)27/h3-18,30-31H,19-23H2,1-2H3,(H,36,44)(H,37,45)/t30-,31+/m0/s1. The predicted octanol–water partition coefficient (Wildman–Crippen LogP) is 4.20. The van der Waals surface area contributed by atoms with E-state index in [0.29, 0.717) is 12.2 Å². The lowest BCUT2D eigenvalue weighted by Crippen LogP contribution is -2.65. The van der Waals surface area contributed by atoms with Gasteiger partial charge in [-0.15, -0.1) is 0 Å². The maximum Gasteiger partial charge on any atom is 0.411 e. The van der Waals surface area contributed by atoms with Gasteiger partial charge in [0.1, 0.15) is 18.8 Å². The van der Waals surface area contributed by atoms with Crippen molar-refractivity contribution < 1.29 is 23.9 Å². The van der Waals surface area contributed by atoms with Crippen LogP contribution in [0.15, 0.2) is 97.1 Å². The number of fused-ring (bicyclic) bond motifs is 2. The Hall–Kier alpha value is -5.42. The molecule has 2 aliphatic rings. The Labute approximate surface area is 267 Å². The number of hydrogen-bond donors (Lipinski definition) is 2. The molecule has 2 fully saturated rings. The smallest absolute Gasteiger partial charge is 0.411 e. The minimum Gasteiger partial charge on any atom is -0.444 e. The highest BCUT2D eigenvalue weighted by Crippen LogP contribution is 2.31. The number of anilines is 1. The number of carbonyl (C=O) groups excluding carboxylic acids is 4. The highest BCUT2D eigenvalue weighted by atomic mass is 16.5. The number of hydrogen-bond acceptors (Lipinski definition) is 6. The van der Waals surface area contributed by atoms with E-state index >= 15 is 0 Å². The number of benzene rings is 4. The molecule has 0 bridgehead atoms. The number of nitrogens with one attached hydrogen (secondary N) is 2. The van der Waals surface area contributed by atoms with Crippen molar-refractivity contribution >= 4 is 40.4 Å². The lowest BCUT2D eigenvalue weighted by atomic mass is 9.98. The summed E-state index contributed by atoms with van der Waals surface area (Å²) >= 11 is 0. The molecule has 236 valence electrons. The van der Waals surface area contributed by atoms with E-state index < -0.39 is 18.3 Å². The minimum atomic E-state index is -0.779. The second-order valence-electron chi connectivity index (χ2n) is 11.4. The number of hydrazine groups is 1. The molecular weight excluding hydrogens is 584 g/mol. The predicted molar refractivity (Wildman–Crippen MR) is 173 cm³/mol. The average Bonchev–Trinajstić information content (AvgIpc) is 3.41. The van der Waals surface area contributed by atoms with Gasteiger partial charge in [0.15, 0.2) is 0 Å². The van der Waals surface area contributed by atoms with E-state index in [1.54, 1.807) is 34.0 Å². The van der Waals surface area contributed by atoms with Crippen LogP contribution in [0.2, 0.25) is 0 Å². The van der Waals surface area contributed by atoms with Gasteiger partial charge in [0, 0.05) is 32.7 Å². The van der Waals surface area contributed by atoms with Gasteiger partial charge in [-0.1, -0.05) is 84.9 Å². The summed E-state index contributed by atoms with van der Waals surface area (Å²) in [5.41, 5.74) is 3.25. The average molecular weight is 621 g/mol. The molecule has 0 aromatic heterocycles. The normalized spacial score (nSPS) is 18.0. The van der Waals surface area contributed by atoms with Gasteiger partial charge in [0.2, 0.25) is 11.8 Å². The van der Waals surface area contributed by atoms with Crippen molar-refractivity contribution in [2.75, 3.05) is 32.5 Å². The fourth-order valence-corrected chi connectivity index (χ4v) is 6.19. The van der Waals surface area contributed by atoms with E-state index in [0.717, 1.165) is 27.5 Å². The molecule has 0 saturated carbocycles. The van der Waals surface area contributed by atoms with Crippen molar-refractivity contribution in [1.29, 1.82) is 0 Å². The van der Waals surface area contributed by atoms with Crippen molar-refractivity contribution in [3.63, 3.8) is 0 Å². The molecule has 11 heteroatoms. The molecule has 2 atom stereocenters. The van der Waals surface area contributed by atoms with Crippen LogP contribution in [0.4, 0.5) is 15.3 Å². The zero-order valence-electron chi connectivity index (χ0n) is 25.8. The van der Waals surface area contributed by atoms with Crippen LogP contribution in [-0.2, 0) is 33.9 Å². The fourth-order valence-electron chi connectivity index (χ4n) is 6.19. The summed E-state index contributed by atoms with van der Waals surface area (Å²) in [5, 5.41) is 10.6. The molecule has 5 amide bonds. The van der Waals surface area contributed by atoms with E-state index in [9.17, 15) is 19.2 Å². The Balaban J connectivity index is 1.22. The van der Waals surface area contributed by atoms with Gasteiger partial charge in [0.25, 0.3) is 0 Å². The van der Waals surface area contributed by atoms with Crippen LogP contribution in [0, 0.1) is 0 Å². The van der Waals surface area contributed by atoms with Crippen LogP contribution < -0.4 is 10.6 Å². The maximum absolute atomic E-state index is 14.2. The number of rotatable bonds is 8. The molecule has 6 rings (SSSR count). The molecule has 4 aromatic rings. The molecule has 4 aromatic carbocycles. The van der Waals surface area contributed by atoms with Crippen molar-refractivity contribution in [2.24, 2.45) is 0 Å². The van der Waals surface area contributed by atoms with Crippen molar-refractivity contribution in [3.05, 3.63) is 114 Å². The molecule has 0 aliphatic carbocycles. The summed E-state index contributed by atoms with van der Waals surface area (Å²) in [6, 6.07) is 29.5. The second kappa shape index (κ2) is 13.3. The van der Waals surface area contributed by atoms with Crippen LogP contribution >= 0.6 is 0 Å². The fraction of sp³-hybridized carbons (Fsp3) is 0.257. The summed E-state index contributed by atoms with van der Waals surface area (Å²) < 4.78 is 5.32. The van der Waals surface area contributed by atoms with Crippen LogP contribution in [0.5, 0.6) is 0 Å². The second-order valence-corrected chi connectivity index (χ2v) is 11.4. The molecule has 46 heavy (non-hydrogen) atoms. The van der Waals surface area contributed by atoms with Gasteiger partial charge in [0.05, 0.1) is 13.1 Å². The first-order valence-corrected chi connectivity index (χ1v) is 15.2. The Morgan fingerprint density at radius 1 is 0.891 bits per heavy atom. The summed E-state index contributed by atoms with van der Waals surface area (Å²) in [6.07, 6.45) is -0.828. The zero-order valence-corrected chi connectivity index (χ0v) is 25.8. The van der Waals surface area contributed by atoms with Gasteiger partial charge >= 0.3 is 12.1 Å². The largest absolute Gasteiger partial charge is 0.444 e. The third kappa shape index (κ3) is 6.36.